The van der Waals surface area contributed by atoms with Gasteiger partial charge in [0, 0.05) is 19.0 Å². The number of rotatable bonds is 12. The molecule has 9 heteroatoms. The van der Waals surface area contributed by atoms with Crippen molar-refractivity contribution in [2.75, 3.05) is 17.1 Å². The van der Waals surface area contributed by atoms with Gasteiger partial charge in [0.1, 0.15) is 18.4 Å². The van der Waals surface area contributed by atoms with Gasteiger partial charge in [0.05, 0.1) is 11.9 Å². The van der Waals surface area contributed by atoms with Crippen LogP contribution in [-0.4, -0.2) is 50.0 Å². The van der Waals surface area contributed by atoms with Gasteiger partial charge in [-0.2, -0.15) is 0 Å². The lowest BCUT2D eigenvalue weighted by Gasteiger charge is -2.34. The Morgan fingerprint density at radius 3 is 2.03 bits per heavy atom. The van der Waals surface area contributed by atoms with E-state index in [1.54, 1.807) is 42.5 Å². The standard InChI is InChI=1S/C29H34FN3O4S/c1-4-22(2)31-29(35)27(19-23-11-7-5-8-12-23)32(20-24-15-17-25(30)18-16-24)28(34)21-33(38(3,36)37)26-13-9-6-10-14-26/h5-18,22,27H,4,19-21H2,1-3H3,(H,31,35)/t22-,27-/m0/s1. The van der Waals surface area contributed by atoms with Gasteiger partial charge in [-0.15, -0.1) is 0 Å². The van der Waals surface area contributed by atoms with Gasteiger partial charge < -0.3 is 10.2 Å². The molecule has 202 valence electrons. The van der Waals surface area contributed by atoms with Gasteiger partial charge in [0.15, 0.2) is 0 Å². The first-order chi connectivity index (χ1) is 18.1. The summed E-state index contributed by atoms with van der Waals surface area (Å²) in [6.07, 6.45) is 1.96. The molecular formula is C29H34FN3O4S. The number of amides is 2. The van der Waals surface area contributed by atoms with Gasteiger partial charge in [-0.25, -0.2) is 12.8 Å². The summed E-state index contributed by atoms with van der Waals surface area (Å²) in [4.78, 5) is 28.9. The van der Waals surface area contributed by atoms with Crippen molar-refractivity contribution in [3.63, 3.8) is 0 Å². The number of carbonyl (C=O) groups is 2. The van der Waals surface area contributed by atoms with Crippen LogP contribution in [-0.2, 0) is 32.6 Å². The molecule has 3 rings (SSSR count). The molecule has 0 radical (unpaired) electrons. The molecule has 0 aliphatic heterocycles. The van der Waals surface area contributed by atoms with Gasteiger partial charge in [-0.1, -0.05) is 67.6 Å². The minimum atomic E-state index is -3.82. The molecule has 3 aromatic carbocycles. The fourth-order valence-corrected chi connectivity index (χ4v) is 4.84. The number of nitrogens with one attached hydrogen (secondary N) is 1. The van der Waals surface area contributed by atoms with Gasteiger partial charge in [-0.3, -0.25) is 13.9 Å². The van der Waals surface area contributed by atoms with Crippen molar-refractivity contribution < 1.29 is 22.4 Å². The highest BCUT2D eigenvalue weighted by molar-refractivity contribution is 7.92. The van der Waals surface area contributed by atoms with Crippen LogP contribution in [0, 0.1) is 5.82 Å². The van der Waals surface area contributed by atoms with Crippen LogP contribution in [0.3, 0.4) is 0 Å². The van der Waals surface area contributed by atoms with Crippen LogP contribution in [0.4, 0.5) is 10.1 Å². The van der Waals surface area contributed by atoms with E-state index in [9.17, 15) is 22.4 Å². The van der Waals surface area contributed by atoms with Gasteiger partial charge in [0.25, 0.3) is 0 Å². The quantitative estimate of drug-likeness (QED) is 0.375. The Balaban J connectivity index is 2.03. The van der Waals surface area contributed by atoms with E-state index < -0.39 is 34.3 Å². The zero-order chi connectivity index (χ0) is 27.7. The molecule has 0 aliphatic carbocycles. The summed E-state index contributed by atoms with van der Waals surface area (Å²) < 4.78 is 40.0. The SMILES string of the molecule is CC[C@H](C)NC(=O)[C@H](Cc1ccccc1)N(Cc1ccc(F)cc1)C(=O)CN(c1ccccc1)S(C)(=O)=O. The number of carbonyl (C=O) groups excluding carboxylic acids is 2. The largest absolute Gasteiger partial charge is 0.352 e. The molecule has 7 nitrogen and oxygen atoms in total. The minimum absolute atomic E-state index is 0.00304. The number of anilines is 1. The van der Waals surface area contributed by atoms with Gasteiger partial charge in [0.2, 0.25) is 21.8 Å². The third-order valence-corrected chi connectivity index (χ3v) is 7.40. The first kappa shape index (κ1) is 28.8. The van der Waals surface area contributed by atoms with E-state index in [0.717, 1.165) is 16.1 Å². The first-order valence-electron chi connectivity index (χ1n) is 12.5. The first-order valence-corrected chi connectivity index (χ1v) is 14.3. The molecule has 0 spiro atoms. The van der Waals surface area contributed by atoms with Crippen molar-refractivity contribution in [1.82, 2.24) is 10.2 Å². The molecule has 0 bridgehead atoms. The maximum atomic E-state index is 13.9. The molecule has 0 aliphatic rings. The summed E-state index contributed by atoms with van der Waals surface area (Å²) in [6.45, 7) is 3.33. The zero-order valence-electron chi connectivity index (χ0n) is 21.9. The second-order valence-electron chi connectivity index (χ2n) is 9.28. The molecular weight excluding hydrogens is 505 g/mol. The van der Waals surface area contributed by atoms with Crippen molar-refractivity contribution in [1.29, 1.82) is 0 Å². The van der Waals surface area contributed by atoms with Crippen molar-refractivity contribution in [2.45, 2.75) is 45.3 Å². The highest BCUT2D eigenvalue weighted by atomic mass is 32.2. The maximum absolute atomic E-state index is 13.9. The molecule has 0 fully saturated rings. The van der Waals surface area contributed by atoms with Crippen LogP contribution in [0.5, 0.6) is 0 Å². The topological polar surface area (TPSA) is 86.8 Å². The highest BCUT2D eigenvalue weighted by Gasteiger charge is 2.33. The Kier molecular flexibility index (Phi) is 10.0. The predicted octanol–water partition coefficient (Wildman–Crippen LogP) is 4.15. The molecule has 0 saturated heterocycles. The number of nitrogens with zero attached hydrogens (tertiary/aromatic N) is 2. The normalized spacial score (nSPS) is 12.8. The molecule has 3 aromatic rings. The van der Waals surface area contributed by atoms with E-state index in [-0.39, 0.29) is 24.9 Å². The molecule has 38 heavy (non-hydrogen) atoms. The fourth-order valence-electron chi connectivity index (χ4n) is 3.99. The molecule has 0 aromatic heterocycles. The lowest BCUT2D eigenvalue weighted by Crippen LogP contribution is -2.54. The smallest absolute Gasteiger partial charge is 0.244 e. The number of hydrogen-bond donors (Lipinski definition) is 1. The van der Waals surface area contributed by atoms with Crippen molar-refractivity contribution in [3.8, 4) is 0 Å². The van der Waals surface area contributed by atoms with E-state index >= 15 is 0 Å². The summed E-state index contributed by atoms with van der Waals surface area (Å²) in [5.41, 5.74) is 1.80. The third-order valence-electron chi connectivity index (χ3n) is 6.26. The average molecular weight is 540 g/mol. The minimum Gasteiger partial charge on any atom is -0.352 e. The van der Waals surface area contributed by atoms with Crippen LogP contribution >= 0.6 is 0 Å². The Morgan fingerprint density at radius 2 is 1.47 bits per heavy atom. The predicted molar refractivity (Wildman–Crippen MR) is 147 cm³/mol. The average Bonchev–Trinajstić information content (AvgIpc) is 2.90. The van der Waals surface area contributed by atoms with Crippen molar-refractivity contribution in [3.05, 3.63) is 102 Å². The number of halogens is 1. The Hall–Kier alpha value is -3.72. The second kappa shape index (κ2) is 13.2. The van der Waals surface area contributed by atoms with Crippen LogP contribution in [0.25, 0.3) is 0 Å². The molecule has 2 amide bonds. The number of benzene rings is 3. The number of sulfonamides is 1. The van der Waals surface area contributed by atoms with E-state index in [1.807, 2.05) is 44.2 Å². The van der Waals surface area contributed by atoms with Crippen molar-refractivity contribution >= 4 is 27.5 Å². The Bertz CT molecular complexity index is 1300. The van der Waals surface area contributed by atoms with E-state index in [0.29, 0.717) is 17.7 Å². The van der Waals surface area contributed by atoms with Crippen molar-refractivity contribution in [2.24, 2.45) is 0 Å². The third kappa shape index (κ3) is 8.14. The van der Waals surface area contributed by atoms with Gasteiger partial charge in [-0.05, 0) is 48.7 Å². The molecule has 0 heterocycles. The second-order valence-corrected chi connectivity index (χ2v) is 11.2. The number of hydrogen-bond acceptors (Lipinski definition) is 4. The van der Waals surface area contributed by atoms with E-state index in [1.165, 1.54) is 17.0 Å². The lowest BCUT2D eigenvalue weighted by molar-refractivity contribution is -0.140. The van der Waals surface area contributed by atoms with Crippen LogP contribution < -0.4 is 9.62 Å². The summed E-state index contributed by atoms with van der Waals surface area (Å²) in [5.74, 6) is -1.32. The summed E-state index contributed by atoms with van der Waals surface area (Å²) in [7, 11) is -3.82. The number of para-hydroxylation sites is 1. The maximum Gasteiger partial charge on any atom is 0.244 e. The molecule has 1 N–H and O–H groups in total. The summed E-state index contributed by atoms with van der Waals surface area (Å²) in [6, 6.07) is 22.3. The summed E-state index contributed by atoms with van der Waals surface area (Å²) >= 11 is 0. The molecule has 0 unspecified atom stereocenters. The Labute approximate surface area is 224 Å². The van der Waals surface area contributed by atoms with Crippen LogP contribution in [0.1, 0.15) is 31.4 Å². The zero-order valence-corrected chi connectivity index (χ0v) is 22.7. The fraction of sp³-hybridized carbons (Fsp3) is 0.310. The Morgan fingerprint density at radius 1 is 0.895 bits per heavy atom. The molecule has 2 atom stereocenters. The molecule has 0 saturated carbocycles. The van der Waals surface area contributed by atoms with E-state index in [4.69, 9.17) is 0 Å². The van der Waals surface area contributed by atoms with Crippen LogP contribution in [0.15, 0.2) is 84.9 Å². The summed E-state index contributed by atoms with van der Waals surface area (Å²) in [5, 5.41) is 2.97. The van der Waals surface area contributed by atoms with Crippen LogP contribution in [0.2, 0.25) is 0 Å². The monoisotopic (exact) mass is 539 g/mol. The highest BCUT2D eigenvalue weighted by Crippen LogP contribution is 2.20. The lowest BCUT2D eigenvalue weighted by atomic mass is 10.0. The van der Waals surface area contributed by atoms with E-state index in [2.05, 4.69) is 5.32 Å². The van der Waals surface area contributed by atoms with Gasteiger partial charge >= 0.3 is 0 Å².